The molecule has 0 saturated heterocycles. The molecule has 0 spiro atoms. The maximum atomic E-state index is 11.7. The fourth-order valence-corrected chi connectivity index (χ4v) is 2.81. The van der Waals surface area contributed by atoms with Crippen LogP contribution in [0.1, 0.15) is 16.1 Å². The van der Waals surface area contributed by atoms with Gasteiger partial charge in [0.05, 0.1) is 8.45 Å². The summed E-state index contributed by atoms with van der Waals surface area (Å²) in [6, 6.07) is 3.85. The third-order valence-corrected chi connectivity index (χ3v) is 4.21. The zero-order valence-electron chi connectivity index (χ0n) is 9.31. The predicted octanol–water partition coefficient (Wildman–Crippen LogP) is 2.06. The van der Waals surface area contributed by atoms with Gasteiger partial charge in [-0.25, -0.2) is 0 Å². The summed E-state index contributed by atoms with van der Waals surface area (Å²) >= 11 is 3.79. The lowest BCUT2D eigenvalue weighted by atomic mass is 10.3. The summed E-state index contributed by atoms with van der Waals surface area (Å²) in [6.45, 7) is 0.630. The summed E-state index contributed by atoms with van der Waals surface area (Å²) in [4.78, 5) is 11.7. The van der Waals surface area contributed by atoms with E-state index in [2.05, 4.69) is 33.0 Å². The van der Waals surface area contributed by atoms with E-state index in [4.69, 9.17) is 0 Å². The van der Waals surface area contributed by atoms with Crippen LogP contribution in [0.15, 0.2) is 23.7 Å². The molecule has 1 N–H and O–H groups in total. The average molecular weight is 361 g/mol. The first kappa shape index (κ1) is 12.6. The zero-order chi connectivity index (χ0) is 12.3. The molecular formula is C11H12IN3OS. The van der Waals surface area contributed by atoms with E-state index < -0.39 is 0 Å². The van der Waals surface area contributed by atoms with Gasteiger partial charge in [0, 0.05) is 37.3 Å². The highest BCUT2D eigenvalue weighted by atomic mass is 127. The molecule has 2 rings (SSSR count). The minimum absolute atomic E-state index is 0.00802. The Bertz CT molecular complexity index is 520. The molecule has 2 heterocycles. The molecule has 0 saturated carbocycles. The number of thiophene rings is 1. The SMILES string of the molecule is Cn1nccc1CCNC(=O)c1csc(I)c1. The molecule has 6 heteroatoms. The van der Waals surface area contributed by atoms with Gasteiger partial charge in [-0.1, -0.05) is 0 Å². The first-order valence-corrected chi connectivity index (χ1v) is 7.12. The summed E-state index contributed by atoms with van der Waals surface area (Å²) in [5.74, 6) is -0.00802. The van der Waals surface area contributed by atoms with Gasteiger partial charge in [0.25, 0.3) is 5.91 Å². The Hall–Kier alpha value is -0.890. The van der Waals surface area contributed by atoms with Crippen molar-refractivity contribution in [1.82, 2.24) is 15.1 Å². The van der Waals surface area contributed by atoms with Crippen molar-refractivity contribution in [1.29, 1.82) is 0 Å². The van der Waals surface area contributed by atoms with Gasteiger partial charge in [-0.05, 0) is 34.7 Å². The number of amides is 1. The van der Waals surface area contributed by atoms with E-state index in [9.17, 15) is 4.79 Å². The smallest absolute Gasteiger partial charge is 0.252 e. The first-order valence-electron chi connectivity index (χ1n) is 5.16. The minimum Gasteiger partial charge on any atom is -0.352 e. The largest absolute Gasteiger partial charge is 0.352 e. The second-order valence-corrected chi connectivity index (χ2v) is 6.40. The van der Waals surface area contributed by atoms with E-state index >= 15 is 0 Å². The average Bonchev–Trinajstić information content (AvgIpc) is 2.88. The van der Waals surface area contributed by atoms with Gasteiger partial charge in [0.15, 0.2) is 0 Å². The molecule has 4 nitrogen and oxygen atoms in total. The Morgan fingerprint density at radius 1 is 1.65 bits per heavy atom. The number of carbonyl (C=O) groups is 1. The quantitative estimate of drug-likeness (QED) is 0.848. The van der Waals surface area contributed by atoms with E-state index in [1.165, 1.54) is 0 Å². The summed E-state index contributed by atoms with van der Waals surface area (Å²) in [7, 11) is 1.90. The second kappa shape index (κ2) is 5.63. The molecule has 0 atom stereocenters. The molecule has 0 radical (unpaired) electrons. The lowest BCUT2D eigenvalue weighted by Crippen LogP contribution is -2.25. The van der Waals surface area contributed by atoms with E-state index in [0.29, 0.717) is 6.54 Å². The van der Waals surface area contributed by atoms with Crippen molar-refractivity contribution in [2.45, 2.75) is 6.42 Å². The van der Waals surface area contributed by atoms with Crippen LogP contribution in [-0.4, -0.2) is 22.2 Å². The van der Waals surface area contributed by atoms with E-state index in [1.54, 1.807) is 17.5 Å². The Labute approximate surface area is 117 Å². The number of carbonyl (C=O) groups excluding carboxylic acids is 1. The number of hydrogen-bond acceptors (Lipinski definition) is 3. The number of rotatable bonds is 4. The Balaban J connectivity index is 1.83. The van der Waals surface area contributed by atoms with Crippen LogP contribution in [0, 0.1) is 2.88 Å². The van der Waals surface area contributed by atoms with Crippen LogP contribution in [0.25, 0.3) is 0 Å². The van der Waals surface area contributed by atoms with Crippen molar-refractivity contribution in [2.24, 2.45) is 7.05 Å². The van der Waals surface area contributed by atoms with Crippen LogP contribution in [0.3, 0.4) is 0 Å². The molecule has 90 valence electrons. The molecule has 0 bridgehead atoms. The summed E-state index contributed by atoms with van der Waals surface area (Å²) in [5, 5.41) is 8.86. The van der Waals surface area contributed by atoms with Gasteiger partial charge in [0.2, 0.25) is 0 Å². The van der Waals surface area contributed by atoms with Crippen molar-refractivity contribution in [2.75, 3.05) is 6.54 Å². The molecule has 2 aromatic rings. The molecule has 0 aromatic carbocycles. The van der Waals surface area contributed by atoms with Gasteiger partial charge >= 0.3 is 0 Å². The van der Waals surface area contributed by atoms with Crippen LogP contribution in [0.4, 0.5) is 0 Å². The number of nitrogens with zero attached hydrogens (tertiary/aromatic N) is 2. The van der Waals surface area contributed by atoms with Crippen LogP contribution in [0.5, 0.6) is 0 Å². The first-order chi connectivity index (χ1) is 8.16. The standard InChI is InChI=1S/C11H12IN3OS/c1-15-9(3-5-14-15)2-4-13-11(16)8-6-10(12)17-7-8/h3,5-7H,2,4H2,1H3,(H,13,16). The van der Waals surface area contributed by atoms with Crippen LogP contribution in [0.2, 0.25) is 0 Å². The molecule has 1 amide bonds. The van der Waals surface area contributed by atoms with Crippen molar-refractivity contribution in [3.8, 4) is 0 Å². The van der Waals surface area contributed by atoms with E-state index in [-0.39, 0.29) is 5.91 Å². The second-order valence-electron chi connectivity index (χ2n) is 3.59. The third-order valence-electron chi connectivity index (χ3n) is 2.42. The van der Waals surface area contributed by atoms with Crippen molar-refractivity contribution in [3.63, 3.8) is 0 Å². The van der Waals surface area contributed by atoms with Crippen molar-refractivity contribution < 1.29 is 4.79 Å². The molecular weight excluding hydrogens is 349 g/mol. The number of hydrogen-bond donors (Lipinski definition) is 1. The highest BCUT2D eigenvalue weighted by Gasteiger charge is 2.07. The summed E-state index contributed by atoms with van der Waals surface area (Å²) in [5.41, 5.74) is 1.86. The topological polar surface area (TPSA) is 46.9 Å². The maximum absolute atomic E-state index is 11.7. The lowest BCUT2D eigenvalue weighted by molar-refractivity contribution is 0.0954. The number of aryl methyl sites for hydroxylation is 1. The minimum atomic E-state index is -0.00802. The van der Waals surface area contributed by atoms with Gasteiger partial charge in [-0.15, -0.1) is 11.3 Å². The van der Waals surface area contributed by atoms with Gasteiger partial charge < -0.3 is 5.32 Å². The normalized spacial score (nSPS) is 10.5. The monoisotopic (exact) mass is 361 g/mol. The number of halogens is 1. The number of nitrogens with one attached hydrogen (secondary N) is 1. The Morgan fingerprint density at radius 3 is 3.06 bits per heavy atom. The Kier molecular flexibility index (Phi) is 4.16. The van der Waals surface area contributed by atoms with E-state index in [0.717, 1.165) is 20.6 Å². The third kappa shape index (κ3) is 3.29. The van der Waals surface area contributed by atoms with Gasteiger partial charge in [0.1, 0.15) is 0 Å². The van der Waals surface area contributed by atoms with Crippen molar-refractivity contribution in [3.05, 3.63) is 37.9 Å². The van der Waals surface area contributed by atoms with Crippen LogP contribution < -0.4 is 5.32 Å². The van der Waals surface area contributed by atoms with Crippen LogP contribution >= 0.6 is 33.9 Å². The van der Waals surface area contributed by atoms with Gasteiger partial charge in [-0.2, -0.15) is 5.10 Å². The van der Waals surface area contributed by atoms with E-state index in [1.807, 2.05) is 29.2 Å². The highest BCUT2D eigenvalue weighted by Crippen LogP contribution is 2.16. The van der Waals surface area contributed by atoms with Gasteiger partial charge in [-0.3, -0.25) is 9.48 Å². The summed E-state index contributed by atoms with van der Waals surface area (Å²) in [6.07, 6.45) is 2.56. The molecule has 17 heavy (non-hydrogen) atoms. The molecule has 0 aliphatic rings. The van der Waals surface area contributed by atoms with Crippen molar-refractivity contribution >= 4 is 39.8 Å². The zero-order valence-corrected chi connectivity index (χ0v) is 12.3. The molecule has 0 unspecified atom stereocenters. The Morgan fingerprint density at radius 2 is 2.47 bits per heavy atom. The maximum Gasteiger partial charge on any atom is 0.252 e. The fourth-order valence-electron chi connectivity index (χ4n) is 1.48. The molecule has 0 aliphatic heterocycles. The molecule has 2 aromatic heterocycles. The lowest BCUT2D eigenvalue weighted by Gasteiger charge is -2.04. The molecule has 0 aliphatic carbocycles. The predicted molar refractivity (Wildman–Crippen MR) is 76.3 cm³/mol. The van der Waals surface area contributed by atoms with Crippen LogP contribution in [-0.2, 0) is 13.5 Å². The summed E-state index contributed by atoms with van der Waals surface area (Å²) < 4.78 is 2.94. The fraction of sp³-hybridized carbons (Fsp3) is 0.273. The highest BCUT2D eigenvalue weighted by molar-refractivity contribution is 14.1. The molecule has 0 fully saturated rings. The number of aromatic nitrogens is 2.